The van der Waals surface area contributed by atoms with Gasteiger partial charge in [-0.15, -0.1) is 16.8 Å². The molecule has 0 aliphatic rings. The summed E-state index contributed by atoms with van der Waals surface area (Å²) in [5.74, 6) is 0.0775. The van der Waals surface area contributed by atoms with Crippen LogP contribution in [0.2, 0.25) is 0 Å². The first-order valence-corrected chi connectivity index (χ1v) is 12.7. The summed E-state index contributed by atoms with van der Waals surface area (Å²) in [6.45, 7) is 8.69. The molecule has 10 nitrogen and oxygen atoms in total. The van der Waals surface area contributed by atoms with Gasteiger partial charge in [-0.3, -0.25) is 9.36 Å². The summed E-state index contributed by atoms with van der Waals surface area (Å²) in [7, 11) is 2.45. The number of allylic oxidation sites excluding steroid dienone is 1. The van der Waals surface area contributed by atoms with Crippen LogP contribution in [0.3, 0.4) is 0 Å². The Kier molecular flexibility index (Phi) is 10.1. The molecule has 3 rings (SSSR count). The highest BCUT2D eigenvalue weighted by Crippen LogP contribution is 2.22. The molecule has 1 N–H and O–H groups in total. The predicted molar refractivity (Wildman–Crippen MR) is 144 cm³/mol. The zero-order chi connectivity index (χ0) is 27.7. The lowest BCUT2D eigenvalue weighted by Gasteiger charge is -2.11. The summed E-state index contributed by atoms with van der Waals surface area (Å²) >= 11 is 1.18. The van der Waals surface area contributed by atoms with Crippen LogP contribution < -0.4 is 10.1 Å². The molecule has 2 aromatic carbocycles. The molecule has 0 saturated heterocycles. The molecule has 0 spiro atoms. The van der Waals surface area contributed by atoms with Crippen molar-refractivity contribution in [1.29, 1.82) is 0 Å². The van der Waals surface area contributed by atoms with Crippen LogP contribution in [0.15, 0.2) is 60.3 Å². The molecule has 0 aliphatic carbocycles. The second-order valence-corrected chi connectivity index (χ2v) is 9.37. The van der Waals surface area contributed by atoms with E-state index in [0.29, 0.717) is 23.4 Å². The summed E-state index contributed by atoms with van der Waals surface area (Å²) in [5.41, 5.74) is 1.69. The van der Waals surface area contributed by atoms with Crippen LogP contribution in [-0.4, -0.2) is 52.6 Å². The molecule has 200 valence electrons. The third kappa shape index (κ3) is 7.45. The quantitative estimate of drug-likeness (QED) is 0.202. The second-order valence-electron chi connectivity index (χ2n) is 8.43. The number of thioether (sulfide) groups is 1. The van der Waals surface area contributed by atoms with Crippen molar-refractivity contribution >= 4 is 35.3 Å². The maximum absolute atomic E-state index is 12.7. The maximum Gasteiger partial charge on any atom is 0.337 e. The first-order chi connectivity index (χ1) is 18.2. The number of methoxy groups -OCH3 is 2. The number of nitrogens with zero attached hydrogens (tertiary/aromatic N) is 3. The smallest absolute Gasteiger partial charge is 0.337 e. The molecular formula is C27H30N4O6S. The van der Waals surface area contributed by atoms with Gasteiger partial charge >= 0.3 is 11.9 Å². The third-order valence-electron chi connectivity index (χ3n) is 5.41. The number of benzene rings is 2. The number of hydrogen-bond donors (Lipinski definition) is 1. The highest BCUT2D eigenvalue weighted by molar-refractivity contribution is 7.99. The largest absolute Gasteiger partial charge is 0.486 e. The minimum absolute atomic E-state index is 0.00278. The van der Waals surface area contributed by atoms with E-state index in [2.05, 4.69) is 35.9 Å². The summed E-state index contributed by atoms with van der Waals surface area (Å²) in [4.78, 5) is 36.7. The number of aromatic nitrogens is 3. The van der Waals surface area contributed by atoms with Crippen molar-refractivity contribution in [3.63, 3.8) is 0 Å². The Morgan fingerprint density at radius 3 is 2.21 bits per heavy atom. The molecule has 0 aliphatic heterocycles. The van der Waals surface area contributed by atoms with Gasteiger partial charge in [-0.25, -0.2) is 9.59 Å². The normalized spacial score (nSPS) is 10.7. The van der Waals surface area contributed by atoms with Crippen molar-refractivity contribution in [2.45, 2.75) is 38.1 Å². The summed E-state index contributed by atoms with van der Waals surface area (Å²) < 4.78 is 17.2. The number of amides is 1. The number of ether oxygens (including phenoxy) is 3. The molecular weight excluding hydrogens is 508 g/mol. The first-order valence-electron chi connectivity index (χ1n) is 11.8. The van der Waals surface area contributed by atoms with E-state index >= 15 is 0 Å². The van der Waals surface area contributed by atoms with Crippen LogP contribution in [0.25, 0.3) is 0 Å². The second kappa shape index (κ2) is 13.4. The van der Waals surface area contributed by atoms with E-state index in [0.717, 1.165) is 5.75 Å². The zero-order valence-corrected chi connectivity index (χ0v) is 22.5. The maximum atomic E-state index is 12.7. The molecule has 11 heteroatoms. The fourth-order valence-electron chi connectivity index (χ4n) is 3.44. The van der Waals surface area contributed by atoms with E-state index < -0.39 is 11.9 Å². The molecule has 38 heavy (non-hydrogen) atoms. The Balaban J connectivity index is 1.66. The standard InChI is InChI=1S/C27H30N4O6S/c1-6-11-31-23(15-37-22-9-7-18(8-10-22)17(2)3)29-30-27(31)38-16-24(32)28-21-13-19(25(33)35-4)12-20(14-21)26(34)36-5/h6-10,12-14,17H,1,11,15-16H2,2-5H3,(H,28,32). The SMILES string of the molecule is C=CCn1c(COc2ccc(C(C)C)cc2)nnc1SCC(=O)Nc1cc(C(=O)OC)cc(C(=O)OC)c1. The number of anilines is 1. The fourth-order valence-corrected chi connectivity index (χ4v) is 4.21. The van der Waals surface area contributed by atoms with Gasteiger partial charge < -0.3 is 19.5 Å². The molecule has 1 amide bonds. The summed E-state index contributed by atoms with van der Waals surface area (Å²) in [6, 6.07) is 12.1. The predicted octanol–water partition coefficient (Wildman–Crippen LogP) is 4.47. The molecule has 0 fully saturated rings. The van der Waals surface area contributed by atoms with Crippen LogP contribution in [0.4, 0.5) is 5.69 Å². The Morgan fingerprint density at radius 2 is 1.66 bits per heavy atom. The minimum Gasteiger partial charge on any atom is -0.486 e. The number of carbonyl (C=O) groups is 3. The number of esters is 2. The minimum atomic E-state index is -0.649. The van der Waals surface area contributed by atoms with Gasteiger partial charge in [-0.2, -0.15) is 0 Å². The number of nitrogens with one attached hydrogen (secondary N) is 1. The lowest BCUT2D eigenvalue weighted by molar-refractivity contribution is -0.113. The molecule has 0 unspecified atom stereocenters. The van der Waals surface area contributed by atoms with E-state index in [9.17, 15) is 14.4 Å². The molecule has 0 radical (unpaired) electrons. The van der Waals surface area contributed by atoms with Gasteiger partial charge in [0.05, 0.1) is 31.1 Å². The first kappa shape index (κ1) is 28.5. The van der Waals surface area contributed by atoms with Crippen LogP contribution in [0.1, 0.15) is 51.9 Å². The third-order valence-corrected chi connectivity index (χ3v) is 6.38. The average molecular weight is 539 g/mol. The van der Waals surface area contributed by atoms with E-state index in [-0.39, 0.29) is 35.1 Å². The Morgan fingerprint density at radius 1 is 1.03 bits per heavy atom. The van der Waals surface area contributed by atoms with E-state index in [1.54, 1.807) is 6.08 Å². The monoisotopic (exact) mass is 538 g/mol. The average Bonchev–Trinajstić information content (AvgIpc) is 3.31. The van der Waals surface area contributed by atoms with Crippen molar-refractivity contribution in [3.8, 4) is 5.75 Å². The van der Waals surface area contributed by atoms with Gasteiger partial charge in [0.2, 0.25) is 5.91 Å². The van der Waals surface area contributed by atoms with Gasteiger partial charge in [0.15, 0.2) is 11.0 Å². The van der Waals surface area contributed by atoms with E-state index in [1.165, 1.54) is 49.7 Å². The topological polar surface area (TPSA) is 122 Å². The molecule has 0 atom stereocenters. The number of hydrogen-bond acceptors (Lipinski definition) is 9. The van der Waals surface area contributed by atoms with Crippen LogP contribution in [0.5, 0.6) is 5.75 Å². The highest BCUT2D eigenvalue weighted by Gasteiger charge is 2.17. The Labute approximate surface area is 225 Å². The van der Waals surface area contributed by atoms with Crippen molar-refractivity contribution in [2.24, 2.45) is 0 Å². The Bertz CT molecular complexity index is 1270. The van der Waals surface area contributed by atoms with Crippen LogP contribution >= 0.6 is 11.8 Å². The lowest BCUT2D eigenvalue weighted by Crippen LogP contribution is -2.16. The molecule has 1 aromatic heterocycles. The molecule has 3 aromatic rings. The lowest BCUT2D eigenvalue weighted by atomic mass is 10.0. The number of rotatable bonds is 12. The molecule has 1 heterocycles. The van der Waals surface area contributed by atoms with Crippen LogP contribution in [0, 0.1) is 0 Å². The fraction of sp³-hybridized carbons (Fsp3) is 0.296. The van der Waals surface area contributed by atoms with Gasteiger partial charge in [-0.05, 0) is 41.8 Å². The van der Waals surface area contributed by atoms with Crippen molar-refractivity contribution in [2.75, 3.05) is 25.3 Å². The van der Waals surface area contributed by atoms with Crippen molar-refractivity contribution < 1.29 is 28.6 Å². The van der Waals surface area contributed by atoms with Crippen LogP contribution in [-0.2, 0) is 27.4 Å². The molecule has 0 bridgehead atoms. The molecule has 0 saturated carbocycles. The highest BCUT2D eigenvalue weighted by atomic mass is 32.2. The van der Waals surface area contributed by atoms with Crippen molar-refractivity contribution in [3.05, 3.63) is 77.6 Å². The summed E-state index contributed by atoms with van der Waals surface area (Å²) in [6.07, 6.45) is 1.71. The van der Waals surface area contributed by atoms with Gasteiger partial charge in [0.1, 0.15) is 12.4 Å². The van der Waals surface area contributed by atoms with E-state index in [1.807, 2.05) is 28.8 Å². The van der Waals surface area contributed by atoms with Gasteiger partial charge in [-0.1, -0.05) is 43.8 Å². The van der Waals surface area contributed by atoms with E-state index in [4.69, 9.17) is 14.2 Å². The number of carbonyl (C=O) groups excluding carboxylic acids is 3. The zero-order valence-electron chi connectivity index (χ0n) is 21.7. The van der Waals surface area contributed by atoms with Crippen molar-refractivity contribution in [1.82, 2.24) is 14.8 Å². The Hall–Kier alpha value is -4.12. The van der Waals surface area contributed by atoms with Gasteiger partial charge in [0.25, 0.3) is 0 Å². The summed E-state index contributed by atoms with van der Waals surface area (Å²) in [5, 5.41) is 11.6. The van der Waals surface area contributed by atoms with Gasteiger partial charge in [0, 0.05) is 12.2 Å².